The van der Waals surface area contributed by atoms with Gasteiger partial charge in [0.1, 0.15) is 48.8 Å². The zero-order valence-corrected chi connectivity index (χ0v) is 37.5. The summed E-state index contributed by atoms with van der Waals surface area (Å²) in [6, 6.07) is -0.819. The van der Waals surface area contributed by atoms with Crippen LogP contribution in [0.1, 0.15) is 194 Å². The minimum atomic E-state index is -1.78. The highest BCUT2D eigenvalue weighted by Crippen LogP contribution is 2.30. The quantitative estimate of drug-likeness (QED) is 0.0356. The Balaban J connectivity index is 1.86. The molecule has 356 valence electrons. The van der Waals surface area contributed by atoms with Gasteiger partial charge in [-0.1, -0.05) is 174 Å². The van der Waals surface area contributed by atoms with E-state index in [1.165, 1.54) is 116 Å². The molecule has 2 saturated heterocycles. The highest BCUT2D eigenvalue weighted by atomic mass is 16.7. The normalized spacial score (nSPS) is 28.2. The van der Waals surface area contributed by atoms with Crippen molar-refractivity contribution in [1.82, 2.24) is 5.32 Å². The van der Waals surface area contributed by atoms with Crippen molar-refractivity contribution < 1.29 is 64.6 Å². The van der Waals surface area contributed by atoms with Crippen LogP contribution in [0.3, 0.4) is 0 Å². The number of carbonyl (C=O) groups is 1. The Morgan fingerprint density at radius 3 is 1.42 bits per heavy atom. The van der Waals surface area contributed by atoms with Gasteiger partial charge in [0, 0.05) is 6.42 Å². The molecule has 0 bridgehead atoms. The van der Waals surface area contributed by atoms with E-state index in [1.807, 2.05) is 0 Å². The molecule has 14 nitrogen and oxygen atoms in total. The third-order valence-electron chi connectivity index (χ3n) is 12.3. The average molecular weight is 864 g/mol. The molecule has 0 spiro atoms. The van der Waals surface area contributed by atoms with E-state index in [9.17, 15) is 45.6 Å². The van der Waals surface area contributed by atoms with Crippen LogP contribution in [0.25, 0.3) is 0 Å². The smallest absolute Gasteiger partial charge is 0.220 e. The van der Waals surface area contributed by atoms with Crippen LogP contribution >= 0.6 is 0 Å². The molecule has 2 fully saturated rings. The van der Waals surface area contributed by atoms with E-state index in [4.69, 9.17) is 18.9 Å². The summed E-state index contributed by atoms with van der Waals surface area (Å²) >= 11 is 0. The van der Waals surface area contributed by atoms with Crippen molar-refractivity contribution in [2.45, 2.75) is 267 Å². The lowest BCUT2D eigenvalue weighted by Gasteiger charge is -2.46. The first-order chi connectivity index (χ1) is 29.1. The highest BCUT2D eigenvalue weighted by Gasteiger charge is 2.51. The number of unbranched alkanes of at least 4 members (excludes halogenated alkanes) is 24. The fourth-order valence-corrected chi connectivity index (χ4v) is 8.30. The molecule has 0 saturated carbocycles. The topological polar surface area (TPSA) is 228 Å². The van der Waals surface area contributed by atoms with Crippen molar-refractivity contribution in [2.24, 2.45) is 0 Å². The second kappa shape index (κ2) is 34.4. The SMILES string of the molecule is CCCCCCCCCCCCCCCCC(O)C(COC1OC(CO)C(OC2OC(CO)C(O)C(O)C2O)C(O)C1O)NC(=O)CCCCCCCCCCCCCC. The molecular weight excluding hydrogens is 774 g/mol. The van der Waals surface area contributed by atoms with Crippen LogP contribution in [0.15, 0.2) is 0 Å². The summed E-state index contributed by atoms with van der Waals surface area (Å²) in [6.45, 7) is 2.84. The van der Waals surface area contributed by atoms with Crippen LogP contribution in [0.2, 0.25) is 0 Å². The summed E-state index contributed by atoms with van der Waals surface area (Å²) in [6.07, 6.45) is 15.3. The Hall–Kier alpha value is -1.01. The van der Waals surface area contributed by atoms with E-state index >= 15 is 0 Å². The number of aliphatic hydroxyl groups is 8. The molecule has 2 aliphatic rings. The van der Waals surface area contributed by atoms with E-state index in [0.717, 1.165) is 51.4 Å². The summed E-state index contributed by atoms with van der Waals surface area (Å²) in [5.74, 6) is -0.206. The Labute approximate surface area is 362 Å². The van der Waals surface area contributed by atoms with Gasteiger partial charge >= 0.3 is 0 Å². The fourth-order valence-electron chi connectivity index (χ4n) is 8.30. The van der Waals surface area contributed by atoms with Gasteiger partial charge in [-0.15, -0.1) is 0 Å². The predicted molar refractivity (Wildman–Crippen MR) is 231 cm³/mol. The van der Waals surface area contributed by atoms with E-state index in [0.29, 0.717) is 12.8 Å². The number of amides is 1. The van der Waals surface area contributed by atoms with Gasteiger partial charge in [-0.3, -0.25) is 4.79 Å². The highest BCUT2D eigenvalue weighted by molar-refractivity contribution is 5.76. The lowest BCUT2D eigenvalue weighted by molar-refractivity contribution is -0.359. The molecule has 1 amide bonds. The number of carbonyl (C=O) groups excluding carboxylic acids is 1. The lowest BCUT2D eigenvalue weighted by atomic mass is 9.97. The van der Waals surface area contributed by atoms with Gasteiger partial charge in [-0.25, -0.2) is 0 Å². The minimum absolute atomic E-state index is 0.206. The summed E-state index contributed by atoms with van der Waals surface area (Å²) in [7, 11) is 0. The number of ether oxygens (including phenoxy) is 4. The largest absolute Gasteiger partial charge is 0.394 e. The molecule has 14 heteroatoms. The van der Waals surface area contributed by atoms with Crippen molar-refractivity contribution in [3.8, 4) is 0 Å². The van der Waals surface area contributed by atoms with Crippen molar-refractivity contribution >= 4 is 5.91 Å². The van der Waals surface area contributed by atoms with Crippen molar-refractivity contribution in [3.05, 3.63) is 0 Å². The van der Waals surface area contributed by atoms with Crippen molar-refractivity contribution in [1.29, 1.82) is 0 Å². The fraction of sp³-hybridized carbons (Fsp3) is 0.978. The Kier molecular flexibility index (Phi) is 31.6. The van der Waals surface area contributed by atoms with E-state index < -0.39 is 86.8 Å². The Morgan fingerprint density at radius 1 is 0.533 bits per heavy atom. The summed E-state index contributed by atoms with van der Waals surface area (Å²) in [5, 5.41) is 86.7. The third-order valence-corrected chi connectivity index (χ3v) is 12.3. The first-order valence-electron chi connectivity index (χ1n) is 24.3. The maximum atomic E-state index is 13.1. The molecule has 2 aliphatic heterocycles. The molecule has 0 aromatic rings. The van der Waals surface area contributed by atoms with Gasteiger partial charge in [0.15, 0.2) is 12.6 Å². The van der Waals surface area contributed by atoms with Gasteiger partial charge < -0.3 is 65.1 Å². The molecule has 12 unspecified atom stereocenters. The van der Waals surface area contributed by atoms with Crippen LogP contribution in [0.4, 0.5) is 0 Å². The number of hydrogen-bond donors (Lipinski definition) is 9. The van der Waals surface area contributed by atoms with Crippen LogP contribution in [0.5, 0.6) is 0 Å². The molecule has 12 atom stereocenters. The number of aliphatic hydroxyl groups excluding tert-OH is 8. The van der Waals surface area contributed by atoms with Gasteiger partial charge in [0.25, 0.3) is 0 Å². The van der Waals surface area contributed by atoms with Gasteiger partial charge in [0.2, 0.25) is 5.91 Å². The van der Waals surface area contributed by atoms with Gasteiger partial charge in [-0.05, 0) is 12.8 Å². The first kappa shape index (κ1) is 55.1. The summed E-state index contributed by atoms with van der Waals surface area (Å²) < 4.78 is 22.7. The molecule has 0 aliphatic carbocycles. The standard InChI is InChI=1S/C46H89NO13/c1-3-5-7-9-11-13-15-17-18-19-21-23-25-27-29-35(50)34(47-38(51)30-28-26-24-22-20-16-14-12-10-8-6-4-2)33-57-45-43(56)41(54)44(37(32-49)59-45)60-46-42(55)40(53)39(52)36(31-48)58-46/h34-37,39-46,48-50,52-56H,3-33H2,1-2H3,(H,47,51). The van der Waals surface area contributed by atoms with E-state index in [2.05, 4.69) is 19.2 Å². The van der Waals surface area contributed by atoms with E-state index in [1.54, 1.807) is 0 Å². The zero-order chi connectivity index (χ0) is 44.0. The molecule has 0 aromatic carbocycles. The molecule has 2 rings (SSSR count). The molecule has 0 radical (unpaired) electrons. The van der Waals surface area contributed by atoms with Crippen LogP contribution in [-0.4, -0.2) is 140 Å². The maximum Gasteiger partial charge on any atom is 0.220 e. The average Bonchev–Trinajstić information content (AvgIpc) is 3.24. The first-order valence-corrected chi connectivity index (χ1v) is 24.3. The number of rotatable bonds is 37. The van der Waals surface area contributed by atoms with Gasteiger partial charge in [0.05, 0.1) is 32.0 Å². The van der Waals surface area contributed by atoms with Gasteiger partial charge in [-0.2, -0.15) is 0 Å². The Bertz CT molecular complexity index is 1020. The summed E-state index contributed by atoms with van der Waals surface area (Å²) in [5.41, 5.74) is 0. The second-order valence-corrected chi connectivity index (χ2v) is 17.6. The minimum Gasteiger partial charge on any atom is -0.394 e. The third kappa shape index (κ3) is 22.1. The predicted octanol–water partition coefficient (Wildman–Crippen LogP) is 5.44. The maximum absolute atomic E-state index is 13.1. The second-order valence-electron chi connectivity index (χ2n) is 17.6. The van der Waals surface area contributed by atoms with Crippen molar-refractivity contribution in [3.63, 3.8) is 0 Å². The van der Waals surface area contributed by atoms with E-state index in [-0.39, 0.29) is 12.5 Å². The van der Waals surface area contributed by atoms with Crippen molar-refractivity contribution in [2.75, 3.05) is 19.8 Å². The zero-order valence-electron chi connectivity index (χ0n) is 37.5. The van der Waals surface area contributed by atoms with Crippen LogP contribution < -0.4 is 5.32 Å². The molecule has 60 heavy (non-hydrogen) atoms. The van der Waals surface area contributed by atoms with Crippen LogP contribution in [0, 0.1) is 0 Å². The number of hydrogen-bond acceptors (Lipinski definition) is 13. The van der Waals surface area contributed by atoms with Crippen LogP contribution in [-0.2, 0) is 23.7 Å². The Morgan fingerprint density at radius 2 is 0.950 bits per heavy atom. The summed E-state index contributed by atoms with van der Waals surface area (Å²) in [4.78, 5) is 13.1. The molecule has 0 aromatic heterocycles. The molecule has 9 N–H and O–H groups in total. The molecular formula is C46H89NO13. The molecule has 2 heterocycles. The number of nitrogens with one attached hydrogen (secondary N) is 1. The monoisotopic (exact) mass is 864 g/mol. The lowest BCUT2D eigenvalue weighted by Crippen LogP contribution is -2.65.